The summed E-state index contributed by atoms with van der Waals surface area (Å²) in [5.74, 6) is 0.627. The average Bonchev–Trinajstić information content (AvgIpc) is 2.47. The van der Waals surface area contributed by atoms with Gasteiger partial charge in [0.25, 0.3) is 0 Å². The molecule has 0 spiro atoms. The molecule has 1 unspecified atom stereocenters. The number of hydrogen-bond donors (Lipinski definition) is 2. The second-order valence-corrected chi connectivity index (χ2v) is 5.64. The molecule has 1 saturated heterocycles. The van der Waals surface area contributed by atoms with E-state index in [9.17, 15) is 4.79 Å². The molecule has 2 aromatic carbocycles. The van der Waals surface area contributed by atoms with Gasteiger partial charge < -0.3 is 10.6 Å². The summed E-state index contributed by atoms with van der Waals surface area (Å²) in [5.41, 5.74) is 3.20. The van der Waals surface area contributed by atoms with Gasteiger partial charge in [0.1, 0.15) is 0 Å². The number of anilines is 1. The zero-order valence-corrected chi connectivity index (χ0v) is 12.2. The van der Waals surface area contributed by atoms with E-state index in [1.54, 1.807) is 0 Å². The van der Waals surface area contributed by atoms with Crippen molar-refractivity contribution in [1.29, 1.82) is 0 Å². The maximum Gasteiger partial charge on any atom is 0.227 e. The quantitative estimate of drug-likeness (QED) is 0.903. The van der Waals surface area contributed by atoms with Gasteiger partial charge in [0.15, 0.2) is 0 Å². The van der Waals surface area contributed by atoms with E-state index in [0.29, 0.717) is 5.92 Å². The summed E-state index contributed by atoms with van der Waals surface area (Å²) in [6, 6.07) is 18.2. The van der Waals surface area contributed by atoms with Crippen molar-refractivity contribution in [3.05, 3.63) is 54.6 Å². The van der Waals surface area contributed by atoms with E-state index in [4.69, 9.17) is 0 Å². The summed E-state index contributed by atoms with van der Waals surface area (Å²) in [5, 5.41) is 6.21. The second kappa shape index (κ2) is 6.10. The summed E-state index contributed by atoms with van der Waals surface area (Å²) in [6.07, 6.45) is 0. The SMILES string of the molecule is CC(C(=O)Nc1ccc(-c2ccccc2)cc1)C1CNC1. The number of nitrogens with one attached hydrogen (secondary N) is 2. The zero-order valence-electron chi connectivity index (χ0n) is 12.2. The summed E-state index contributed by atoms with van der Waals surface area (Å²) in [7, 11) is 0. The Bertz CT molecular complexity index is 603. The highest BCUT2D eigenvalue weighted by atomic mass is 16.1. The number of amides is 1. The summed E-state index contributed by atoms with van der Waals surface area (Å²) >= 11 is 0. The van der Waals surface area contributed by atoms with Gasteiger partial charge in [-0.3, -0.25) is 4.79 Å². The molecule has 0 aliphatic carbocycles. The van der Waals surface area contributed by atoms with Gasteiger partial charge in [0.2, 0.25) is 5.91 Å². The van der Waals surface area contributed by atoms with Gasteiger partial charge in [0.05, 0.1) is 0 Å². The van der Waals surface area contributed by atoms with Crippen LogP contribution in [0.1, 0.15) is 6.92 Å². The third-order valence-corrected chi connectivity index (χ3v) is 4.19. The Labute approximate surface area is 125 Å². The molecule has 1 aliphatic heterocycles. The Morgan fingerprint density at radius 2 is 1.67 bits per heavy atom. The second-order valence-electron chi connectivity index (χ2n) is 5.64. The fourth-order valence-corrected chi connectivity index (χ4v) is 2.51. The van der Waals surface area contributed by atoms with Crippen molar-refractivity contribution in [1.82, 2.24) is 5.32 Å². The third kappa shape index (κ3) is 3.14. The van der Waals surface area contributed by atoms with Gasteiger partial charge in [-0.25, -0.2) is 0 Å². The highest BCUT2D eigenvalue weighted by molar-refractivity contribution is 5.92. The van der Waals surface area contributed by atoms with Crippen molar-refractivity contribution in [2.24, 2.45) is 11.8 Å². The predicted octanol–water partition coefficient (Wildman–Crippen LogP) is 3.15. The van der Waals surface area contributed by atoms with E-state index in [-0.39, 0.29) is 11.8 Å². The molecule has 1 atom stereocenters. The molecule has 0 aromatic heterocycles. The van der Waals surface area contributed by atoms with Crippen LogP contribution in [0.25, 0.3) is 11.1 Å². The van der Waals surface area contributed by atoms with Crippen LogP contribution in [0.3, 0.4) is 0 Å². The molecule has 3 rings (SSSR count). The van der Waals surface area contributed by atoms with Crippen LogP contribution in [-0.4, -0.2) is 19.0 Å². The molecular weight excluding hydrogens is 260 g/mol. The van der Waals surface area contributed by atoms with Crippen molar-refractivity contribution in [2.75, 3.05) is 18.4 Å². The third-order valence-electron chi connectivity index (χ3n) is 4.19. The van der Waals surface area contributed by atoms with Crippen LogP contribution in [0, 0.1) is 11.8 Å². The van der Waals surface area contributed by atoms with Crippen LogP contribution >= 0.6 is 0 Å². The van der Waals surface area contributed by atoms with Gasteiger partial charge in [0, 0.05) is 11.6 Å². The van der Waals surface area contributed by atoms with Crippen LogP contribution in [0.5, 0.6) is 0 Å². The normalized spacial score (nSPS) is 16.0. The van der Waals surface area contributed by atoms with Crippen molar-refractivity contribution in [3.8, 4) is 11.1 Å². The Morgan fingerprint density at radius 1 is 1.05 bits per heavy atom. The smallest absolute Gasteiger partial charge is 0.227 e. The molecule has 108 valence electrons. The standard InChI is InChI=1S/C18H20N2O/c1-13(16-11-19-12-16)18(21)20-17-9-7-15(8-10-17)14-5-3-2-4-6-14/h2-10,13,16,19H,11-12H2,1H3,(H,20,21). The van der Waals surface area contributed by atoms with E-state index < -0.39 is 0 Å². The molecule has 1 fully saturated rings. The maximum absolute atomic E-state index is 12.2. The minimum atomic E-state index is 0.0556. The van der Waals surface area contributed by atoms with Gasteiger partial charge >= 0.3 is 0 Å². The first-order valence-electron chi connectivity index (χ1n) is 7.41. The Kier molecular flexibility index (Phi) is 4.02. The number of benzene rings is 2. The fourth-order valence-electron chi connectivity index (χ4n) is 2.51. The molecule has 0 bridgehead atoms. The summed E-state index contributed by atoms with van der Waals surface area (Å²) in [4.78, 5) is 12.2. The number of rotatable bonds is 4. The number of hydrogen-bond acceptors (Lipinski definition) is 2. The molecule has 0 radical (unpaired) electrons. The molecule has 1 heterocycles. The highest BCUT2D eigenvalue weighted by Gasteiger charge is 2.28. The molecule has 1 amide bonds. The van der Waals surface area contributed by atoms with Crippen molar-refractivity contribution >= 4 is 11.6 Å². The van der Waals surface area contributed by atoms with Crippen molar-refractivity contribution < 1.29 is 4.79 Å². The molecule has 2 aromatic rings. The van der Waals surface area contributed by atoms with E-state index >= 15 is 0 Å². The lowest BCUT2D eigenvalue weighted by Gasteiger charge is -2.31. The van der Waals surface area contributed by atoms with E-state index in [2.05, 4.69) is 22.8 Å². The van der Waals surface area contributed by atoms with Crippen LogP contribution in [0.15, 0.2) is 54.6 Å². The molecule has 1 aliphatic rings. The van der Waals surface area contributed by atoms with Crippen LogP contribution in [0.4, 0.5) is 5.69 Å². The van der Waals surface area contributed by atoms with Gasteiger partial charge in [-0.1, -0.05) is 49.4 Å². The topological polar surface area (TPSA) is 41.1 Å². The minimum Gasteiger partial charge on any atom is -0.326 e. The average molecular weight is 280 g/mol. The predicted molar refractivity (Wildman–Crippen MR) is 86.0 cm³/mol. The molecule has 2 N–H and O–H groups in total. The molecule has 0 saturated carbocycles. The lowest BCUT2D eigenvalue weighted by atomic mass is 9.88. The first-order valence-corrected chi connectivity index (χ1v) is 7.41. The van der Waals surface area contributed by atoms with Crippen molar-refractivity contribution in [3.63, 3.8) is 0 Å². The first kappa shape index (κ1) is 13.8. The largest absolute Gasteiger partial charge is 0.326 e. The van der Waals surface area contributed by atoms with Crippen LogP contribution < -0.4 is 10.6 Å². The monoisotopic (exact) mass is 280 g/mol. The molecule has 3 heteroatoms. The first-order chi connectivity index (χ1) is 10.2. The Hall–Kier alpha value is -2.13. The van der Waals surface area contributed by atoms with Crippen LogP contribution in [0.2, 0.25) is 0 Å². The van der Waals surface area contributed by atoms with Gasteiger partial charge in [-0.15, -0.1) is 0 Å². The summed E-state index contributed by atoms with van der Waals surface area (Å²) < 4.78 is 0. The van der Waals surface area contributed by atoms with Crippen molar-refractivity contribution in [2.45, 2.75) is 6.92 Å². The zero-order chi connectivity index (χ0) is 14.7. The Morgan fingerprint density at radius 3 is 2.24 bits per heavy atom. The van der Waals surface area contributed by atoms with E-state index in [1.807, 2.05) is 49.4 Å². The number of carbonyl (C=O) groups is 1. The van der Waals surface area contributed by atoms with Crippen LogP contribution in [-0.2, 0) is 4.79 Å². The van der Waals surface area contributed by atoms with Gasteiger partial charge in [-0.2, -0.15) is 0 Å². The lowest BCUT2D eigenvalue weighted by Crippen LogP contribution is -2.48. The molecule has 3 nitrogen and oxygen atoms in total. The maximum atomic E-state index is 12.2. The number of carbonyl (C=O) groups excluding carboxylic acids is 1. The van der Waals surface area contributed by atoms with Gasteiger partial charge in [-0.05, 0) is 42.3 Å². The van der Waals surface area contributed by atoms with E-state index in [0.717, 1.165) is 24.3 Å². The summed E-state index contributed by atoms with van der Waals surface area (Å²) in [6.45, 7) is 3.89. The fraction of sp³-hybridized carbons (Fsp3) is 0.278. The highest BCUT2D eigenvalue weighted by Crippen LogP contribution is 2.22. The van der Waals surface area contributed by atoms with E-state index in [1.165, 1.54) is 5.56 Å². The lowest BCUT2D eigenvalue weighted by molar-refractivity contribution is -0.121. The molecular formula is C18H20N2O. The Balaban J connectivity index is 1.65. The minimum absolute atomic E-state index is 0.0556. The molecule has 21 heavy (non-hydrogen) atoms.